The van der Waals surface area contributed by atoms with E-state index in [1.807, 2.05) is 66.7 Å². The van der Waals surface area contributed by atoms with Crippen molar-refractivity contribution in [3.63, 3.8) is 0 Å². The van der Waals surface area contributed by atoms with E-state index in [-0.39, 0.29) is 23.2 Å². The van der Waals surface area contributed by atoms with Gasteiger partial charge < -0.3 is 18.9 Å². The third kappa shape index (κ3) is 4.92. The van der Waals surface area contributed by atoms with Crippen LogP contribution in [0.15, 0.2) is 18.2 Å². The van der Waals surface area contributed by atoms with E-state index < -0.39 is 12.7 Å². The fraction of sp³-hybridized carbons (Fsp3) is 0.682. The van der Waals surface area contributed by atoms with Gasteiger partial charge in [-0.2, -0.15) is 0 Å². The second-order valence-corrected chi connectivity index (χ2v) is 10.5. The minimum absolute atomic E-state index is 0.191. The zero-order valence-corrected chi connectivity index (χ0v) is 19.4. The van der Waals surface area contributed by atoms with Gasteiger partial charge in [-0.25, -0.2) is 4.79 Å². The number of hydrogen-bond acceptors (Lipinski definition) is 4. The molecule has 2 aliphatic rings. The Kier molecular flexibility index (Phi) is 6.03. The van der Waals surface area contributed by atoms with Gasteiger partial charge in [0.25, 0.3) is 0 Å². The lowest BCUT2D eigenvalue weighted by molar-refractivity contribution is 0.00578. The van der Waals surface area contributed by atoms with Crippen LogP contribution in [0.25, 0.3) is 0 Å². The van der Waals surface area contributed by atoms with Gasteiger partial charge in [0, 0.05) is 24.0 Å². The molecule has 0 saturated carbocycles. The van der Waals surface area contributed by atoms with Crippen LogP contribution < -0.4 is 5.46 Å². The summed E-state index contributed by atoms with van der Waals surface area (Å²) < 4.78 is 17.8. The number of amides is 1. The van der Waals surface area contributed by atoms with E-state index in [0.29, 0.717) is 11.6 Å². The maximum atomic E-state index is 12.5. The van der Waals surface area contributed by atoms with Crippen LogP contribution in [0.2, 0.25) is 5.02 Å². The molecule has 1 aromatic rings. The van der Waals surface area contributed by atoms with E-state index in [4.69, 9.17) is 25.6 Å². The summed E-state index contributed by atoms with van der Waals surface area (Å²) in [6.45, 7) is 15.1. The molecule has 3 rings (SSSR count). The van der Waals surface area contributed by atoms with Crippen LogP contribution >= 0.6 is 11.6 Å². The molecule has 2 heterocycles. The van der Waals surface area contributed by atoms with E-state index in [1.54, 1.807) is 4.90 Å². The Labute approximate surface area is 180 Å². The van der Waals surface area contributed by atoms with Crippen molar-refractivity contribution in [1.29, 1.82) is 0 Å². The standard InChI is InChI=1S/C22H33BClNO4/c1-20(2,3)27-19(26)25-12-8-9-15(14-25)17-11-10-16(13-18(17)24)23-28-21(4,5)22(6,7)29-23/h10-11,13,15H,8-9,12,14H2,1-7H3. The summed E-state index contributed by atoms with van der Waals surface area (Å²) in [7, 11) is -0.434. The van der Waals surface area contributed by atoms with E-state index in [1.165, 1.54) is 0 Å². The maximum Gasteiger partial charge on any atom is 0.494 e. The quantitative estimate of drug-likeness (QED) is 0.646. The molecule has 29 heavy (non-hydrogen) atoms. The van der Waals surface area contributed by atoms with Crippen LogP contribution in [0.5, 0.6) is 0 Å². The Morgan fingerprint density at radius 3 is 2.38 bits per heavy atom. The molecular formula is C22H33BClNO4. The highest BCUT2D eigenvalue weighted by molar-refractivity contribution is 6.62. The van der Waals surface area contributed by atoms with Crippen molar-refractivity contribution in [3.8, 4) is 0 Å². The molecule has 0 N–H and O–H groups in total. The number of rotatable bonds is 2. The summed E-state index contributed by atoms with van der Waals surface area (Å²) in [5, 5.41) is 0.688. The molecule has 2 saturated heterocycles. The van der Waals surface area contributed by atoms with Crippen LogP contribution in [0.3, 0.4) is 0 Å². The zero-order chi connectivity index (χ0) is 21.6. The van der Waals surface area contributed by atoms with E-state index in [9.17, 15) is 4.79 Å². The molecule has 0 bridgehead atoms. The molecule has 1 atom stereocenters. The van der Waals surface area contributed by atoms with Gasteiger partial charge in [0.15, 0.2) is 0 Å². The van der Waals surface area contributed by atoms with E-state index in [0.717, 1.165) is 30.4 Å². The van der Waals surface area contributed by atoms with Gasteiger partial charge >= 0.3 is 13.2 Å². The van der Waals surface area contributed by atoms with E-state index in [2.05, 4.69) is 0 Å². The Hall–Kier alpha value is -1.24. The molecule has 160 valence electrons. The number of nitrogens with zero attached hydrogens (tertiary/aromatic N) is 1. The minimum Gasteiger partial charge on any atom is -0.444 e. The third-order valence-corrected chi connectivity index (χ3v) is 6.39. The lowest BCUT2D eigenvalue weighted by Crippen LogP contribution is -2.42. The SMILES string of the molecule is CC(C)(C)OC(=O)N1CCCC(c2ccc(B3OC(C)(C)C(C)(C)O3)cc2Cl)C1. The zero-order valence-electron chi connectivity index (χ0n) is 18.7. The van der Waals surface area contributed by atoms with Crippen LogP contribution in [-0.4, -0.2) is 48.0 Å². The highest BCUT2D eigenvalue weighted by atomic mass is 35.5. The minimum atomic E-state index is -0.494. The molecule has 7 heteroatoms. The fourth-order valence-electron chi connectivity index (χ4n) is 3.72. The molecule has 0 aliphatic carbocycles. The Morgan fingerprint density at radius 1 is 1.21 bits per heavy atom. The van der Waals surface area contributed by atoms with Gasteiger partial charge in [-0.15, -0.1) is 0 Å². The molecule has 0 spiro atoms. The molecule has 0 aromatic heterocycles. The predicted molar refractivity (Wildman–Crippen MR) is 117 cm³/mol. The summed E-state index contributed by atoms with van der Waals surface area (Å²) in [6, 6.07) is 6.01. The summed E-state index contributed by atoms with van der Waals surface area (Å²) in [5.74, 6) is 0.191. The van der Waals surface area contributed by atoms with Gasteiger partial charge in [0.2, 0.25) is 0 Å². The highest BCUT2D eigenvalue weighted by Crippen LogP contribution is 2.37. The van der Waals surface area contributed by atoms with Crippen molar-refractivity contribution in [2.45, 2.75) is 84.0 Å². The number of likely N-dealkylation sites (tertiary alicyclic amines) is 1. The molecule has 2 fully saturated rings. The first-order chi connectivity index (χ1) is 13.3. The predicted octanol–water partition coefficient (Wildman–Crippen LogP) is 4.75. The Morgan fingerprint density at radius 2 is 1.83 bits per heavy atom. The number of halogens is 1. The third-order valence-electron chi connectivity index (χ3n) is 6.06. The lowest BCUT2D eigenvalue weighted by atomic mass is 9.77. The van der Waals surface area contributed by atoms with Crippen LogP contribution in [0, 0.1) is 0 Å². The smallest absolute Gasteiger partial charge is 0.444 e. The average molecular weight is 422 g/mol. The first-order valence-electron chi connectivity index (χ1n) is 10.4. The summed E-state index contributed by atoms with van der Waals surface area (Å²) in [4.78, 5) is 14.3. The average Bonchev–Trinajstić information content (AvgIpc) is 2.81. The maximum absolute atomic E-state index is 12.5. The summed E-state index contributed by atoms with van der Waals surface area (Å²) in [5.41, 5.74) is 0.698. The van der Waals surface area contributed by atoms with Gasteiger partial charge in [-0.05, 0) is 78.4 Å². The second kappa shape index (κ2) is 7.79. The second-order valence-electron chi connectivity index (χ2n) is 10.1. The Balaban J connectivity index is 1.73. The summed E-state index contributed by atoms with van der Waals surface area (Å²) in [6.07, 6.45) is 1.67. The van der Waals surface area contributed by atoms with E-state index >= 15 is 0 Å². The molecule has 1 amide bonds. The van der Waals surface area contributed by atoms with Crippen LogP contribution in [0.4, 0.5) is 4.79 Å². The topological polar surface area (TPSA) is 48.0 Å². The first kappa shape index (κ1) is 22.5. The first-order valence-corrected chi connectivity index (χ1v) is 10.8. The van der Waals surface area contributed by atoms with Crippen LogP contribution in [-0.2, 0) is 14.0 Å². The van der Waals surface area contributed by atoms with Crippen molar-refractivity contribution in [1.82, 2.24) is 4.90 Å². The van der Waals surface area contributed by atoms with Crippen molar-refractivity contribution >= 4 is 30.3 Å². The van der Waals surface area contributed by atoms with Crippen molar-refractivity contribution < 1.29 is 18.8 Å². The normalized spacial score (nSPS) is 23.9. The van der Waals surface area contributed by atoms with Gasteiger partial charge in [-0.3, -0.25) is 0 Å². The van der Waals surface area contributed by atoms with Gasteiger partial charge in [-0.1, -0.05) is 23.7 Å². The van der Waals surface area contributed by atoms with Crippen molar-refractivity contribution in [2.24, 2.45) is 0 Å². The molecule has 0 radical (unpaired) electrons. The molecule has 1 aromatic carbocycles. The summed E-state index contributed by atoms with van der Waals surface area (Å²) >= 11 is 6.67. The molecule has 5 nitrogen and oxygen atoms in total. The number of hydrogen-bond donors (Lipinski definition) is 0. The molecule has 1 unspecified atom stereocenters. The number of carbonyl (C=O) groups is 1. The Bertz CT molecular complexity index is 759. The van der Waals surface area contributed by atoms with Crippen molar-refractivity contribution in [3.05, 3.63) is 28.8 Å². The van der Waals surface area contributed by atoms with Crippen LogP contribution in [0.1, 0.15) is 72.8 Å². The number of piperidine rings is 1. The monoisotopic (exact) mass is 421 g/mol. The van der Waals surface area contributed by atoms with Gasteiger partial charge in [0.1, 0.15) is 5.60 Å². The molecule has 2 aliphatic heterocycles. The number of ether oxygens (including phenoxy) is 1. The highest BCUT2D eigenvalue weighted by Gasteiger charge is 2.51. The number of carbonyl (C=O) groups excluding carboxylic acids is 1. The fourth-order valence-corrected chi connectivity index (χ4v) is 4.07. The van der Waals surface area contributed by atoms with Gasteiger partial charge in [0.05, 0.1) is 11.2 Å². The number of benzene rings is 1. The lowest BCUT2D eigenvalue weighted by Gasteiger charge is -2.34. The molecular weight excluding hydrogens is 389 g/mol. The van der Waals surface area contributed by atoms with Crippen molar-refractivity contribution in [2.75, 3.05) is 13.1 Å². The largest absolute Gasteiger partial charge is 0.494 e.